The minimum atomic E-state index is 0.849. The number of hydrogen-bond donors (Lipinski definition) is 0. The highest BCUT2D eigenvalue weighted by Gasteiger charge is 2.03. The molecular formula is C10H6BrClS. The highest BCUT2D eigenvalue weighted by Crippen LogP contribution is 2.32. The van der Waals surface area contributed by atoms with Gasteiger partial charge in [0.25, 0.3) is 0 Å². The fourth-order valence-corrected chi connectivity index (χ4v) is 2.36. The van der Waals surface area contributed by atoms with Gasteiger partial charge >= 0.3 is 0 Å². The first kappa shape index (κ1) is 9.25. The molecule has 2 aromatic rings. The van der Waals surface area contributed by atoms with E-state index in [2.05, 4.69) is 28.1 Å². The van der Waals surface area contributed by atoms with Gasteiger partial charge in [-0.2, -0.15) is 0 Å². The number of halogens is 2. The monoisotopic (exact) mass is 272 g/mol. The van der Waals surface area contributed by atoms with Gasteiger partial charge in [-0.05, 0) is 29.1 Å². The van der Waals surface area contributed by atoms with Crippen LogP contribution in [0.3, 0.4) is 0 Å². The molecule has 0 saturated carbocycles. The maximum atomic E-state index is 6.02. The van der Waals surface area contributed by atoms with Crippen LogP contribution in [0.5, 0.6) is 0 Å². The topological polar surface area (TPSA) is 0 Å². The number of thiophene rings is 1. The summed E-state index contributed by atoms with van der Waals surface area (Å²) in [5.41, 5.74) is 2.27. The lowest BCUT2D eigenvalue weighted by Crippen LogP contribution is -1.73. The molecule has 0 aliphatic carbocycles. The van der Waals surface area contributed by atoms with Gasteiger partial charge in [0.05, 0.1) is 0 Å². The van der Waals surface area contributed by atoms with E-state index in [1.54, 1.807) is 11.3 Å². The van der Waals surface area contributed by atoms with Crippen LogP contribution < -0.4 is 0 Å². The van der Waals surface area contributed by atoms with Crippen LogP contribution in [-0.2, 0) is 0 Å². The van der Waals surface area contributed by atoms with E-state index in [0.717, 1.165) is 19.9 Å². The van der Waals surface area contributed by atoms with Gasteiger partial charge in [-0.25, -0.2) is 0 Å². The maximum absolute atomic E-state index is 6.02. The van der Waals surface area contributed by atoms with Gasteiger partial charge in [0.15, 0.2) is 0 Å². The molecule has 0 amide bonds. The second-order valence-corrected chi connectivity index (χ2v) is 5.05. The maximum Gasteiger partial charge on any atom is 0.101 e. The third kappa shape index (κ3) is 1.96. The Labute approximate surface area is 94.3 Å². The Balaban J connectivity index is 2.47. The van der Waals surface area contributed by atoms with Crippen molar-refractivity contribution in [2.24, 2.45) is 0 Å². The van der Waals surface area contributed by atoms with E-state index in [9.17, 15) is 0 Å². The van der Waals surface area contributed by atoms with Crippen LogP contribution in [0.4, 0.5) is 0 Å². The Hall–Kier alpha value is -0.310. The van der Waals surface area contributed by atoms with Crippen LogP contribution >= 0.6 is 38.9 Å². The summed E-state index contributed by atoms with van der Waals surface area (Å²) in [4.78, 5) is 0. The summed E-state index contributed by atoms with van der Waals surface area (Å²) >= 11 is 11.0. The number of benzene rings is 1. The molecule has 0 atom stereocenters. The third-order valence-electron chi connectivity index (χ3n) is 1.77. The average Bonchev–Trinajstić information content (AvgIpc) is 2.53. The van der Waals surface area contributed by atoms with Gasteiger partial charge in [-0.3, -0.25) is 0 Å². The van der Waals surface area contributed by atoms with Crippen LogP contribution in [0.25, 0.3) is 11.1 Å². The van der Waals surface area contributed by atoms with Crippen LogP contribution in [-0.4, -0.2) is 0 Å². The summed E-state index contributed by atoms with van der Waals surface area (Å²) in [5.74, 6) is 0. The van der Waals surface area contributed by atoms with Gasteiger partial charge in [-0.1, -0.05) is 39.7 Å². The first-order valence-corrected chi connectivity index (χ1v) is 5.81. The van der Waals surface area contributed by atoms with Crippen molar-refractivity contribution >= 4 is 38.9 Å². The van der Waals surface area contributed by atoms with Crippen LogP contribution in [0.2, 0.25) is 4.34 Å². The molecule has 1 heterocycles. The lowest BCUT2D eigenvalue weighted by atomic mass is 10.1. The van der Waals surface area contributed by atoms with Crippen molar-refractivity contribution in [3.8, 4) is 11.1 Å². The SMILES string of the molecule is Clc1sccc1-c1ccc(Br)cc1. The van der Waals surface area contributed by atoms with E-state index in [-0.39, 0.29) is 0 Å². The van der Waals surface area contributed by atoms with E-state index in [0.29, 0.717) is 0 Å². The molecule has 0 N–H and O–H groups in total. The molecule has 0 radical (unpaired) electrons. The zero-order valence-corrected chi connectivity index (χ0v) is 9.79. The zero-order chi connectivity index (χ0) is 9.26. The minimum Gasteiger partial charge on any atom is -0.131 e. The largest absolute Gasteiger partial charge is 0.131 e. The highest BCUT2D eigenvalue weighted by atomic mass is 79.9. The van der Waals surface area contributed by atoms with Crippen LogP contribution in [0, 0.1) is 0 Å². The minimum absolute atomic E-state index is 0.849. The molecule has 66 valence electrons. The number of hydrogen-bond acceptors (Lipinski definition) is 1. The molecule has 0 aliphatic rings. The van der Waals surface area contributed by atoms with E-state index >= 15 is 0 Å². The summed E-state index contributed by atoms with van der Waals surface area (Å²) in [6.07, 6.45) is 0. The summed E-state index contributed by atoms with van der Waals surface area (Å²) in [6, 6.07) is 10.2. The molecule has 0 fully saturated rings. The van der Waals surface area contributed by atoms with Gasteiger partial charge in [0.1, 0.15) is 4.34 Å². The molecule has 0 spiro atoms. The molecular weight excluding hydrogens is 268 g/mol. The summed E-state index contributed by atoms with van der Waals surface area (Å²) in [6.45, 7) is 0. The third-order valence-corrected chi connectivity index (χ3v) is 3.47. The standard InChI is InChI=1S/C10H6BrClS/c11-8-3-1-7(2-4-8)9-5-6-13-10(9)12/h1-6H. The molecule has 0 unspecified atom stereocenters. The summed E-state index contributed by atoms with van der Waals surface area (Å²) in [7, 11) is 0. The molecule has 1 aromatic heterocycles. The predicted octanol–water partition coefficient (Wildman–Crippen LogP) is 4.83. The molecule has 0 bridgehead atoms. The van der Waals surface area contributed by atoms with Gasteiger partial charge in [0, 0.05) is 10.0 Å². The Morgan fingerprint density at radius 1 is 1.08 bits per heavy atom. The molecule has 13 heavy (non-hydrogen) atoms. The normalized spacial score (nSPS) is 10.3. The Kier molecular flexibility index (Phi) is 2.72. The first-order valence-electron chi connectivity index (χ1n) is 3.76. The van der Waals surface area contributed by atoms with Crippen molar-refractivity contribution in [1.82, 2.24) is 0 Å². The lowest BCUT2D eigenvalue weighted by Gasteiger charge is -1.98. The molecule has 2 rings (SSSR count). The zero-order valence-electron chi connectivity index (χ0n) is 6.63. The smallest absolute Gasteiger partial charge is 0.101 e. The second-order valence-electron chi connectivity index (χ2n) is 2.61. The predicted molar refractivity (Wildman–Crippen MR) is 62.5 cm³/mol. The Morgan fingerprint density at radius 2 is 1.77 bits per heavy atom. The lowest BCUT2D eigenvalue weighted by molar-refractivity contribution is 1.63. The number of rotatable bonds is 1. The molecule has 3 heteroatoms. The van der Waals surface area contributed by atoms with E-state index in [1.165, 1.54) is 0 Å². The van der Waals surface area contributed by atoms with Crippen molar-refractivity contribution in [1.29, 1.82) is 0 Å². The molecule has 0 saturated heterocycles. The molecule has 1 aromatic carbocycles. The Bertz CT molecular complexity index is 405. The van der Waals surface area contributed by atoms with Crippen molar-refractivity contribution < 1.29 is 0 Å². The van der Waals surface area contributed by atoms with Crippen molar-refractivity contribution in [2.45, 2.75) is 0 Å². The fourth-order valence-electron chi connectivity index (χ4n) is 1.13. The van der Waals surface area contributed by atoms with E-state index in [4.69, 9.17) is 11.6 Å². The van der Waals surface area contributed by atoms with Crippen LogP contribution in [0.1, 0.15) is 0 Å². The second kappa shape index (κ2) is 3.82. The highest BCUT2D eigenvalue weighted by molar-refractivity contribution is 9.10. The van der Waals surface area contributed by atoms with Gasteiger partial charge in [-0.15, -0.1) is 11.3 Å². The van der Waals surface area contributed by atoms with Crippen LogP contribution in [0.15, 0.2) is 40.2 Å². The van der Waals surface area contributed by atoms with Crippen molar-refractivity contribution in [3.05, 3.63) is 44.5 Å². The van der Waals surface area contributed by atoms with Crippen molar-refractivity contribution in [3.63, 3.8) is 0 Å². The van der Waals surface area contributed by atoms with E-state index in [1.807, 2.05) is 23.6 Å². The quantitative estimate of drug-likeness (QED) is 0.698. The van der Waals surface area contributed by atoms with Gasteiger partial charge in [0.2, 0.25) is 0 Å². The Morgan fingerprint density at radius 3 is 2.31 bits per heavy atom. The van der Waals surface area contributed by atoms with Crippen molar-refractivity contribution in [2.75, 3.05) is 0 Å². The summed E-state index contributed by atoms with van der Waals surface area (Å²) in [5, 5.41) is 2.00. The van der Waals surface area contributed by atoms with E-state index < -0.39 is 0 Å². The first-order chi connectivity index (χ1) is 6.27. The van der Waals surface area contributed by atoms with Gasteiger partial charge < -0.3 is 0 Å². The molecule has 0 nitrogen and oxygen atoms in total. The molecule has 0 aliphatic heterocycles. The fraction of sp³-hybridized carbons (Fsp3) is 0. The summed E-state index contributed by atoms with van der Waals surface area (Å²) < 4.78 is 1.94. The average molecular weight is 274 g/mol.